The van der Waals surface area contributed by atoms with E-state index in [-0.39, 0.29) is 11.8 Å². The molecule has 0 radical (unpaired) electrons. The molecule has 1 aliphatic heterocycles. The van der Waals surface area contributed by atoms with E-state index < -0.39 is 0 Å². The number of hydrogen-bond acceptors (Lipinski definition) is 5. The van der Waals surface area contributed by atoms with E-state index in [1.165, 1.54) is 11.3 Å². The van der Waals surface area contributed by atoms with Gasteiger partial charge < -0.3 is 14.5 Å². The van der Waals surface area contributed by atoms with Crippen LogP contribution in [0.15, 0.2) is 24.3 Å². The summed E-state index contributed by atoms with van der Waals surface area (Å²) in [7, 11) is 0. The topological polar surface area (TPSA) is 62.7 Å². The molecule has 1 fully saturated rings. The maximum absolute atomic E-state index is 12.8. The maximum atomic E-state index is 12.8. The van der Waals surface area contributed by atoms with E-state index in [4.69, 9.17) is 4.74 Å². The molecule has 6 nitrogen and oxygen atoms in total. The number of benzene rings is 1. The first-order valence-electron chi connectivity index (χ1n) is 8.75. The molecule has 1 aromatic heterocycles. The highest BCUT2D eigenvalue weighted by Crippen LogP contribution is 2.22. The highest BCUT2D eigenvalue weighted by atomic mass is 32.1. The van der Waals surface area contributed by atoms with Crippen molar-refractivity contribution in [3.63, 3.8) is 0 Å². The van der Waals surface area contributed by atoms with Gasteiger partial charge in [-0.1, -0.05) is 12.1 Å². The van der Waals surface area contributed by atoms with Crippen LogP contribution in [0.4, 0.5) is 0 Å². The van der Waals surface area contributed by atoms with Crippen molar-refractivity contribution in [1.82, 2.24) is 14.8 Å². The molecular weight excluding hydrogens is 350 g/mol. The van der Waals surface area contributed by atoms with E-state index in [0.29, 0.717) is 49.8 Å². The van der Waals surface area contributed by atoms with Gasteiger partial charge in [0.2, 0.25) is 0 Å². The van der Waals surface area contributed by atoms with Crippen LogP contribution in [0.3, 0.4) is 0 Å². The Morgan fingerprint density at radius 3 is 2.27 bits per heavy atom. The van der Waals surface area contributed by atoms with E-state index >= 15 is 0 Å². The summed E-state index contributed by atoms with van der Waals surface area (Å²) in [6.07, 6.45) is 0. The van der Waals surface area contributed by atoms with Crippen LogP contribution < -0.4 is 4.74 Å². The summed E-state index contributed by atoms with van der Waals surface area (Å²) in [6.45, 7) is 8.27. The molecule has 0 atom stereocenters. The first-order valence-corrected chi connectivity index (χ1v) is 9.57. The second-order valence-electron chi connectivity index (χ2n) is 6.15. The average Bonchev–Trinajstić information content (AvgIpc) is 2.99. The van der Waals surface area contributed by atoms with Gasteiger partial charge in [-0.05, 0) is 32.9 Å². The highest BCUT2D eigenvalue weighted by Gasteiger charge is 2.28. The van der Waals surface area contributed by atoms with E-state index in [1.807, 2.05) is 39.0 Å². The minimum absolute atomic E-state index is 0.0475. The lowest BCUT2D eigenvalue weighted by Gasteiger charge is -2.34. The summed E-state index contributed by atoms with van der Waals surface area (Å²) < 4.78 is 5.56. The van der Waals surface area contributed by atoms with Gasteiger partial charge in [0, 0.05) is 31.1 Å². The van der Waals surface area contributed by atoms with E-state index in [9.17, 15) is 9.59 Å². The van der Waals surface area contributed by atoms with Crippen LogP contribution in [0.5, 0.6) is 5.75 Å². The molecule has 0 N–H and O–H groups in total. The lowest BCUT2D eigenvalue weighted by molar-refractivity contribution is 0.0530. The number of amides is 2. The molecule has 0 unspecified atom stereocenters. The molecule has 1 aromatic carbocycles. The number of rotatable bonds is 4. The molecule has 2 aromatic rings. The second kappa shape index (κ2) is 7.86. The molecule has 2 heterocycles. The Balaban J connectivity index is 1.66. The molecule has 1 aliphatic rings. The van der Waals surface area contributed by atoms with Crippen LogP contribution >= 0.6 is 11.3 Å². The highest BCUT2D eigenvalue weighted by molar-refractivity contribution is 7.11. The van der Waals surface area contributed by atoms with Crippen LogP contribution in [0.1, 0.15) is 37.7 Å². The lowest BCUT2D eigenvalue weighted by atomic mass is 10.1. The molecule has 0 saturated carbocycles. The molecule has 1 saturated heterocycles. The Hall–Kier alpha value is -2.41. The summed E-state index contributed by atoms with van der Waals surface area (Å²) in [4.78, 5) is 34.3. The summed E-state index contributed by atoms with van der Waals surface area (Å²) in [5.41, 5.74) is 1.11. The number of piperazine rings is 1. The van der Waals surface area contributed by atoms with Gasteiger partial charge in [-0.3, -0.25) is 9.59 Å². The third kappa shape index (κ3) is 3.72. The zero-order valence-corrected chi connectivity index (χ0v) is 16.1. The van der Waals surface area contributed by atoms with Gasteiger partial charge in [-0.25, -0.2) is 4.98 Å². The summed E-state index contributed by atoms with van der Waals surface area (Å²) >= 11 is 1.53. The van der Waals surface area contributed by atoms with Crippen LogP contribution in [0.2, 0.25) is 0 Å². The Labute approximate surface area is 157 Å². The number of thiazole rings is 1. The van der Waals surface area contributed by atoms with Crippen LogP contribution in [0, 0.1) is 13.8 Å². The van der Waals surface area contributed by atoms with Gasteiger partial charge in [-0.2, -0.15) is 0 Å². The summed E-state index contributed by atoms with van der Waals surface area (Å²) in [5, 5.41) is 0.896. The Morgan fingerprint density at radius 2 is 1.69 bits per heavy atom. The Kier molecular flexibility index (Phi) is 5.56. The minimum Gasteiger partial charge on any atom is -0.493 e. The largest absolute Gasteiger partial charge is 0.493 e. The quantitative estimate of drug-likeness (QED) is 0.827. The Morgan fingerprint density at radius 1 is 1.08 bits per heavy atom. The van der Waals surface area contributed by atoms with Crippen molar-refractivity contribution in [1.29, 1.82) is 0 Å². The van der Waals surface area contributed by atoms with Crippen molar-refractivity contribution >= 4 is 23.2 Å². The standard InChI is InChI=1S/C19H23N3O3S/c1-4-25-16-8-6-5-7-15(16)18(23)21-9-11-22(12-10-21)19(24)17-13(2)26-14(3)20-17/h5-8H,4,9-12H2,1-3H3. The van der Waals surface area contributed by atoms with Crippen molar-refractivity contribution in [3.05, 3.63) is 45.4 Å². The molecule has 26 heavy (non-hydrogen) atoms. The molecule has 3 rings (SSSR count). The first kappa shape index (κ1) is 18.4. The van der Waals surface area contributed by atoms with Crippen molar-refractivity contribution in [2.75, 3.05) is 32.8 Å². The molecule has 0 bridgehead atoms. The fourth-order valence-corrected chi connectivity index (χ4v) is 3.89. The van der Waals surface area contributed by atoms with Gasteiger partial charge in [0.05, 0.1) is 17.2 Å². The van der Waals surface area contributed by atoms with Gasteiger partial charge in [0.25, 0.3) is 11.8 Å². The molecule has 138 valence electrons. The number of carbonyl (C=O) groups excluding carboxylic acids is 2. The maximum Gasteiger partial charge on any atom is 0.273 e. The number of aromatic nitrogens is 1. The number of nitrogens with zero attached hydrogens (tertiary/aromatic N) is 3. The molecule has 7 heteroatoms. The molecule has 2 amide bonds. The van der Waals surface area contributed by atoms with Crippen LogP contribution in [0.25, 0.3) is 0 Å². The average molecular weight is 373 g/mol. The van der Waals surface area contributed by atoms with E-state index in [2.05, 4.69) is 4.98 Å². The normalized spacial score (nSPS) is 14.4. The zero-order valence-electron chi connectivity index (χ0n) is 15.3. The third-order valence-corrected chi connectivity index (χ3v) is 5.26. The van der Waals surface area contributed by atoms with Gasteiger partial charge in [-0.15, -0.1) is 11.3 Å². The number of carbonyl (C=O) groups is 2. The van der Waals surface area contributed by atoms with Gasteiger partial charge in [0.1, 0.15) is 11.4 Å². The number of aryl methyl sites for hydroxylation is 2. The SMILES string of the molecule is CCOc1ccccc1C(=O)N1CCN(C(=O)c2nc(C)sc2C)CC1. The van der Waals surface area contributed by atoms with E-state index in [1.54, 1.807) is 15.9 Å². The van der Waals surface area contributed by atoms with Crippen molar-refractivity contribution in [2.24, 2.45) is 0 Å². The minimum atomic E-state index is -0.0539. The third-order valence-electron chi connectivity index (χ3n) is 4.38. The van der Waals surface area contributed by atoms with Crippen molar-refractivity contribution < 1.29 is 14.3 Å². The summed E-state index contributed by atoms with van der Waals surface area (Å²) in [6, 6.07) is 7.29. The molecular formula is C19H23N3O3S. The molecule has 0 spiro atoms. The number of hydrogen-bond donors (Lipinski definition) is 0. The van der Waals surface area contributed by atoms with Crippen molar-refractivity contribution in [2.45, 2.75) is 20.8 Å². The lowest BCUT2D eigenvalue weighted by Crippen LogP contribution is -2.50. The smallest absolute Gasteiger partial charge is 0.273 e. The number of para-hydroxylation sites is 1. The van der Waals surface area contributed by atoms with Gasteiger partial charge in [0.15, 0.2) is 0 Å². The van der Waals surface area contributed by atoms with Gasteiger partial charge >= 0.3 is 0 Å². The first-order chi connectivity index (χ1) is 12.5. The van der Waals surface area contributed by atoms with Crippen LogP contribution in [-0.2, 0) is 0 Å². The van der Waals surface area contributed by atoms with E-state index in [0.717, 1.165) is 9.88 Å². The van der Waals surface area contributed by atoms with Crippen LogP contribution in [-0.4, -0.2) is 59.4 Å². The second-order valence-corrected chi connectivity index (χ2v) is 7.56. The zero-order chi connectivity index (χ0) is 18.7. The fourth-order valence-electron chi connectivity index (χ4n) is 3.08. The Bertz CT molecular complexity index is 810. The predicted octanol–water partition coefficient (Wildman–Crippen LogP) is 2.76. The van der Waals surface area contributed by atoms with Crippen molar-refractivity contribution in [3.8, 4) is 5.75 Å². The monoisotopic (exact) mass is 373 g/mol. The predicted molar refractivity (Wildman–Crippen MR) is 101 cm³/mol. The molecule has 0 aliphatic carbocycles. The number of ether oxygens (including phenoxy) is 1. The summed E-state index contributed by atoms with van der Waals surface area (Å²) in [5.74, 6) is 0.502. The fraction of sp³-hybridized carbons (Fsp3) is 0.421.